The van der Waals surface area contributed by atoms with E-state index in [0.717, 1.165) is 5.57 Å². The summed E-state index contributed by atoms with van der Waals surface area (Å²) >= 11 is 0. The van der Waals surface area contributed by atoms with Gasteiger partial charge in [0, 0.05) is 18.8 Å². The molecule has 10 heavy (non-hydrogen) atoms. The van der Waals surface area contributed by atoms with Gasteiger partial charge >= 0.3 is 0 Å². The smallest absolute Gasteiger partial charge is 0.0222 e. The van der Waals surface area contributed by atoms with E-state index in [2.05, 4.69) is 5.92 Å². The topological polar surface area (TPSA) is 29.3 Å². The molecule has 0 heterocycles. The molecule has 0 bridgehead atoms. The minimum atomic E-state index is 0.831. The average molecular weight is 136 g/mol. The van der Waals surface area contributed by atoms with E-state index in [1.165, 1.54) is 5.01 Å². The third-order valence-electron chi connectivity index (χ3n) is 0.967. The average Bonchev–Trinajstić information content (AvgIpc) is 1.90. The summed E-state index contributed by atoms with van der Waals surface area (Å²) in [6.07, 6.45) is 10.5. The molecule has 0 unspecified atom stereocenters. The predicted molar refractivity (Wildman–Crippen MR) is 43.7 cm³/mol. The minimum absolute atomic E-state index is 0.831. The summed E-state index contributed by atoms with van der Waals surface area (Å²) in [7, 11) is 1.74. The summed E-state index contributed by atoms with van der Waals surface area (Å²) in [6.45, 7) is 1.88. The lowest BCUT2D eigenvalue weighted by Gasteiger charge is -2.01. The second kappa shape index (κ2) is 4.66. The summed E-state index contributed by atoms with van der Waals surface area (Å²) < 4.78 is 0. The van der Waals surface area contributed by atoms with Gasteiger partial charge in [0.15, 0.2) is 0 Å². The van der Waals surface area contributed by atoms with Crippen LogP contribution in [0.2, 0.25) is 0 Å². The van der Waals surface area contributed by atoms with Crippen molar-refractivity contribution in [3.05, 3.63) is 23.9 Å². The Morgan fingerprint density at radius 3 is 2.60 bits per heavy atom. The number of hydrogen-bond acceptors (Lipinski definition) is 2. The Balaban J connectivity index is 4.02. The zero-order valence-corrected chi connectivity index (χ0v) is 6.33. The molecule has 0 aromatic heterocycles. The van der Waals surface area contributed by atoms with E-state index in [1.807, 2.05) is 13.0 Å². The van der Waals surface area contributed by atoms with Gasteiger partial charge in [-0.05, 0) is 13.0 Å². The zero-order valence-electron chi connectivity index (χ0n) is 6.33. The quantitative estimate of drug-likeness (QED) is 0.264. The molecule has 2 N–H and O–H groups in total. The van der Waals surface area contributed by atoms with E-state index in [4.69, 9.17) is 12.3 Å². The number of rotatable bonds is 2. The van der Waals surface area contributed by atoms with Crippen molar-refractivity contribution in [2.75, 3.05) is 7.05 Å². The summed E-state index contributed by atoms with van der Waals surface area (Å²) in [5.41, 5.74) is 0.831. The molecule has 0 atom stereocenters. The Bertz CT molecular complexity index is 182. The summed E-state index contributed by atoms with van der Waals surface area (Å²) in [6, 6.07) is 0. The number of nitrogens with zero attached hydrogens (tertiary/aromatic N) is 1. The molecule has 0 radical (unpaired) electrons. The van der Waals surface area contributed by atoms with E-state index in [9.17, 15) is 0 Å². The van der Waals surface area contributed by atoms with Crippen LogP contribution >= 0.6 is 0 Å². The maximum absolute atomic E-state index is 5.30. The van der Waals surface area contributed by atoms with Crippen molar-refractivity contribution < 1.29 is 0 Å². The lowest BCUT2D eigenvalue weighted by molar-refractivity contribution is 0.485. The van der Waals surface area contributed by atoms with Gasteiger partial charge in [0.2, 0.25) is 0 Å². The molecule has 54 valence electrons. The van der Waals surface area contributed by atoms with Crippen LogP contribution < -0.4 is 5.84 Å². The van der Waals surface area contributed by atoms with Crippen LogP contribution in [0.3, 0.4) is 0 Å². The van der Waals surface area contributed by atoms with E-state index >= 15 is 0 Å². The first-order valence-corrected chi connectivity index (χ1v) is 2.99. The molecule has 0 fully saturated rings. The van der Waals surface area contributed by atoms with E-state index in [0.29, 0.717) is 0 Å². The van der Waals surface area contributed by atoms with Gasteiger partial charge in [-0.2, -0.15) is 0 Å². The Hall–Kier alpha value is -1.20. The molecule has 0 aliphatic heterocycles. The summed E-state index contributed by atoms with van der Waals surface area (Å²) in [5.74, 6) is 7.80. The van der Waals surface area contributed by atoms with Crippen molar-refractivity contribution in [1.29, 1.82) is 0 Å². The van der Waals surface area contributed by atoms with Crippen molar-refractivity contribution in [3.8, 4) is 12.3 Å². The fourth-order valence-corrected chi connectivity index (χ4v) is 0.426. The van der Waals surface area contributed by atoms with Crippen molar-refractivity contribution in [2.24, 2.45) is 5.84 Å². The van der Waals surface area contributed by atoms with E-state index in [1.54, 1.807) is 19.3 Å². The standard InChI is InChI=1S/C8H12N2/c1-4-8(5-2)6-7-10(3)9/h1,5-7H,9H2,2-3H3/b7-6-,8-5-. The van der Waals surface area contributed by atoms with Crippen LogP contribution in [0, 0.1) is 12.3 Å². The van der Waals surface area contributed by atoms with Crippen LogP contribution in [0.25, 0.3) is 0 Å². The first kappa shape index (κ1) is 8.80. The third kappa shape index (κ3) is 3.76. The van der Waals surface area contributed by atoms with Crippen LogP contribution in [0.5, 0.6) is 0 Å². The molecule has 0 aliphatic carbocycles. The fraction of sp³-hybridized carbons (Fsp3) is 0.250. The maximum Gasteiger partial charge on any atom is 0.0222 e. The van der Waals surface area contributed by atoms with E-state index in [-0.39, 0.29) is 0 Å². The monoisotopic (exact) mass is 136 g/mol. The molecule has 2 heteroatoms. The molecule has 0 spiro atoms. The minimum Gasteiger partial charge on any atom is -0.321 e. The molecule has 0 amide bonds. The Kier molecular flexibility index (Phi) is 4.10. The van der Waals surface area contributed by atoms with Crippen LogP contribution in [-0.4, -0.2) is 12.1 Å². The number of nitrogens with two attached hydrogens (primary N) is 1. The molecule has 0 rings (SSSR count). The first-order valence-electron chi connectivity index (χ1n) is 2.99. The van der Waals surface area contributed by atoms with Gasteiger partial charge in [0.05, 0.1) is 0 Å². The van der Waals surface area contributed by atoms with Crippen LogP contribution in [0.4, 0.5) is 0 Å². The largest absolute Gasteiger partial charge is 0.321 e. The fourth-order valence-electron chi connectivity index (χ4n) is 0.426. The van der Waals surface area contributed by atoms with E-state index < -0.39 is 0 Å². The van der Waals surface area contributed by atoms with Crippen molar-refractivity contribution in [2.45, 2.75) is 6.92 Å². The molecule has 0 aromatic rings. The van der Waals surface area contributed by atoms with Crippen LogP contribution in [0.1, 0.15) is 6.92 Å². The Morgan fingerprint density at radius 2 is 2.30 bits per heavy atom. The van der Waals surface area contributed by atoms with Gasteiger partial charge in [-0.3, -0.25) is 0 Å². The van der Waals surface area contributed by atoms with Crippen molar-refractivity contribution in [1.82, 2.24) is 5.01 Å². The molecular formula is C8H12N2. The molecular weight excluding hydrogens is 124 g/mol. The first-order chi connectivity index (χ1) is 4.70. The highest BCUT2D eigenvalue weighted by atomic mass is 15.4. The molecule has 2 nitrogen and oxygen atoms in total. The lowest BCUT2D eigenvalue weighted by atomic mass is 10.2. The van der Waals surface area contributed by atoms with Gasteiger partial charge < -0.3 is 5.01 Å². The number of allylic oxidation sites excluding steroid dienone is 3. The number of terminal acetylenes is 1. The Morgan fingerprint density at radius 1 is 1.70 bits per heavy atom. The highest BCUT2D eigenvalue weighted by Crippen LogP contribution is 1.92. The van der Waals surface area contributed by atoms with Crippen molar-refractivity contribution >= 4 is 0 Å². The second-order valence-electron chi connectivity index (χ2n) is 1.87. The van der Waals surface area contributed by atoms with Gasteiger partial charge in [-0.15, -0.1) is 6.42 Å². The maximum atomic E-state index is 5.30. The Labute approximate surface area is 62.0 Å². The van der Waals surface area contributed by atoms with Gasteiger partial charge in [-0.25, -0.2) is 5.84 Å². The molecule has 0 aromatic carbocycles. The van der Waals surface area contributed by atoms with Crippen molar-refractivity contribution in [3.63, 3.8) is 0 Å². The second-order valence-corrected chi connectivity index (χ2v) is 1.87. The zero-order chi connectivity index (χ0) is 7.98. The molecule has 0 aliphatic rings. The van der Waals surface area contributed by atoms with Gasteiger partial charge in [0.1, 0.15) is 0 Å². The highest BCUT2D eigenvalue weighted by Gasteiger charge is 1.80. The molecule has 0 saturated carbocycles. The molecule has 0 saturated heterocycles. The van der Waals surface area contributed by atoms with Gasteiger partial charge in [-0.1, -0.05) is 12.0 Å². The summed E-state index contributed by atoms with van der Waals surface area (Å²) in [5, 5.41) is 1.45. The summed E-state index contributed by atoms with van der Waals surface area (Å²) in [4.78, 5) is 0. The lowest BCUT2D eigenvalue weighted by Crippen LogP contribution is -2.18. The normalized spacial score (nSPS) is 11.6. The van der Waals surface area contributed by atoms with Gasteiger partial charge in [0.25, 0.3) is 0 Å². The third-order valence-corrected chi connectivity index (χ3v) is 0.967. The SMILES string of the molecule is C#CC(/C=C\N(C)N)=C/C. The predicted octanol–water partition coefficient (Wildman–Crippen LogP) is 0.885. The van der Waals surface area contributed by atoms with Crippen LogP contribution in [0.15, 0.2) is 23.9 Å². The number of hydrogen-bond donors (Lipinski definition) is 1. The highest BCUT2D eigenvalue weighted by molar-refractivity contribution is 5.34. The van der Waals surface area contributed by atoms with Crippen LogP contribution in [-0.2, 0) is 0 Å². The number of hydrazine groups is 1.